The maximum absolute atomic E-state index is 13.2. The summed E-state index contributed by atoms with van der Waals surface area (Å²) >= 11 is 1.50. The van der Waals surface area contributed by atoms with Crippen molar-refractivity contribution in [3.63, 3.8) is 0 Å². The molecule has 2 N–H and O–H groups in total. The minimum atomic E-state index is -4.63. The molecule has 4 atom stereocenters. The van der Waals surface area contributed by atoms with E-state index in [-0.39, 0.29) is 6.10 Å². The van der Waals surface area contributed by atoms with Gasteiger partial charge in [-0.15, -0.1) is 11.3 Å². The number of aromatic nitrogens is 3. The zero-order chi connectivity index (χ0) is 26.4. The molecule has 2 aliphatic heterocycles. The highest BCUT2D eigenvalue weighted by molar-refractivity contribution is 7.14. The van der Waals surface area contributed by atoms with E-state index in [1.54, 1.807) is 25.3 Å². The van der Waals surface area contributed by atoms with Gasteiger partial charge in [0.2, 0.25) is 5.82 Å². The third kappa shape index (κ3) is 5.46. The third-order valence-corrected chi connectivity index (χ3v) is 7.55. The lowest BCUT2D eigenvalue weighted by molar-refractivity contribution is -0.145. The largest absolute Gasteiger partial charge is 0.490 e. The number of fused-ring (bicyclic) bond motifs is 2. The van der Waals surface area contributed by atoms with E-state index in [9.17, 15) is 18.0 Å². The fourth-order valence-corrected chi connectivity index (χ4v) is 5.37. The first-order valence-electron chi connectivity index (χ1n) is 11.8. The van der Waals surface area contributed by atoms with Crippen molar-refractivity contribution in [3.05, 3.63) is 58.6 Å². The first kappa shape index (κ1) is 25.6. The Kier molecular flexibility index (Phi) is 6.67. The zero-order valence-electron chi connectivity index (χ0n) is 20.4. The van der Waals surface area contributed by atoms with Crippen molar-refractivity contribution in [2.24, 2.45) is 0 Å². The number of hydrogen-bond donors (Lipinski definition) is 2. The maximum atomic E-state index is 13.2. The van der Waals surface area contributed by atoms with E-state index in [4.69, 9.17) is 9.47 Å². The van der Waals surface area contributed by atoms with Gasteiger partial charge >= 0.3 is 6.18 Å². The summed E-state index contributed by atoms with van der Waals surface area (Å²) in [7, 11) is 0. The number of amides is 1. The van der Waals surface area contributed by atoms with E-state index in [0.29, 0.717) is 36.1 Å². The molecule has 1 amide bonds. The van der Waals surface area contributed by atoms with E-state index < -0.39 is 29.6 Å². The summed E-state index contributed by atoms with van der Waals surface area (Å²) in [6, 6.07) is 4.89. The molecule has 2 bridgehead atoms. The molecule has 8 nitrogen and oxygen atoms in total. The highest BCUT2D eigenvalue weighted by Gasteiger charge is 2.50. The fourth-order valence-electron chi connectivity index (χ4n) is 4.62. The summed E-state index contributed by atoms with van der Waals surface area (Å²) in [5, 5.41) is 7.00. The van der Waals surface area contributed by atoms with Gasteiger partial charge in [0, 0.05) is 52.7 Å². The second-order valence-corrected chi connectivity index (χ2v) is 10.8. The average Bonchev–Trinajstić information content (AvgIpc) is 3.57. The number of carbonyl (C=O) groups excluding carboxylic acids is 1. The van der Waals surface area contributed by atoms with Gasteiger partial charge < -0.3 is 20.1 Å². The van der Waals surface area contributed by atoms with Crippen molar-refractivity contribution in [1.82, 2.24) is 25.6 Å². The summed E-state index contributed by atoms with van der Waals surface area (Å²) in [5.74, 6) is -1.15. The SMILES string of the molecule is Cc1cnc(-c2cc(OCC34CNC(C3)C(C)O4)cc(C(=O)N[C@H](C)c3cnc(C(F)(F)F)nc3)c2)s1. The van der Waals surface area contributed by atoms with Crippen molar-refractivity contribution in [2.45, 2.75) is 57.2 Å². The molecular formula is C25H26F3N5O3S. The molecule has 3 unspecified atom stereocenters. The second kappa shape index (κ2) is 9.66. The first-order valence-corrected chi connectivity index (χ1v) is 12.6. The number of nitrogens with one attached hydrogen (secondary N) is 2. The van der Waals surface area contributed by atoms with E-state index in [1.807, 2.05) is 19.9 Å². The number of benzene rings is 1. The summed E-state index contributed by atoms with van der Waals surface area (Å²) in [6.07, 6.45) is 0.228. The van der Waals surface area contributed by atoms with Gasteiger partial charge in [0.1, 0.15) is 23.0 Å². The van der Waals surface area contributed by atoms with Gasteiger partial charge in [0.05, 0.1) is 12.1 Å². The summed E-state index contributed by atoms with van der Waals surface area (Å²) < 4.78 is 50.6. The van der Waals surface area contributed by atoms with E-state index in [2.05, 4.69) is 25.6 Å². The van der Waals surface area contributed by atoms with Gasteiger partial charge in [-0.2, -0.15) is 13.2 Å². The van der Waals surface area contributed by atoms with Gasteiger partial charge in [-0.1, -0.05) is 0 Å². The van der Waals surface area contributed by atoms with Crippen LogP contribution in [-0.2, 0) is 10.9 Å². The third-order valence-electron chi connectivity index (χ3n) is 6.59. The van der Waals surface area contributed by atoms with Gasteiger partial charge in [-0.3, -0.25) is 4.79 Å². The van der Waals surface area contributed by atoms with E-state index in [1.165, 1.54) is 11.3 Å². The second-order valence-electron chi connectivity index (χ2n) is 9.54. The lowest BCUT2D eigenvalue weighted by Crippen LogP contribution is -2.46. The molecule has 2 aromatic heterocycles. The highest BCUT2D eigenvalue weighted by Crippen LogP contribution is 2.37. The van der Waals surface area contributed by atoms with Gasteiger partial charge in [0.25, 0.3) is 5.91 Å². The Morgan fingerprint density at radius 1 is 1.27 bits per heavy atom. The lowest BCUT2D eigenvalue weighted by Gasteiger charge is -2.29. The van der Waals surface area contributed by atoms with Crippen molar-refractivity contribution in [2.75, 3.05) is 13.2 Å². The highest BCUT2D eigenvalue weighted by atomic mass is 32.1. The normalized spacial score (nSPS) is 23.7. The van der Waals surface area contributed by atoms with Crippen LogP contribution < -0.4 is 15.4 Å². The standard InChI is InChI=1S/C25H26F3N5O3S/c1-13-8-29-22(37-13)17-4-16(5-19(6-17)35-12-24-7-20(32-11-24)15(3)36-24)21(34)33-14(2)18-9-30-23(31-10-18)25(26,27)28/h4-6,8-10,14-15,20,32H,7,11-12H2,1-3H3,(H,33,34)/t14-,15?,20?,24?/m1/s1. The number of alkyl halides is 3. The lowest BCUT2D eigenvalue weighted by atomic mass is 10.0. The predicted molar refractivity (Wildman–Crippen MR) is 130 cm³/mol. The van der Waals surface area contributed by atoms with Crippen LogP contribution in [0.5, 0.6) is 5.75 Å². The van der Waals surface area contributed by atoms with Gasteiger partial charge in [-0.05, 0) is 45.4 Å². The van der Waals surface area contributed by atoms with Crippen LogP contribution in [0.15, 0.2) is 36.8 Å². The van der Waals surface area contributed by atoms with Crippen LogP contribution in [0, 0.1) is 6.92 Å². The number of ether oxygens (including phenoxy) is 2. The Labute approximate surface area is 215 Å². The van der Waals surface area contributed by atoms with Crippen molar-refractivity contribution in [1.29, 1.82) is 0 Å². The van der Waals surface area contributed by atoms with E-state index in [0.717, 1.165) is 34.3 Å². The Hall–Kier alpha value is -3.09. The topological polar surface area (TPSA) is 98.3 Å². The van der Waals surface area contributed by atoms with E-state index >= 15 is 0 Å². The Morgan fingerprint density at radius 2 is 2.03 bits per heavy atom. The smallest absolute Gasteiger partial charge is 0.451 e. The van der Waals surface area contributed by atoms with Gasteiger partial charge in [-0.25, -0.2) is 15.0 Å². The number of thiazole rings is 1. The van der Waals surface area contributed by atoms with Crippen LogP contribution in [0.25, 0.3) is 10.6 Å². The van der Waals surface area contributed by atoms with Crippen molar-refractivity contribution >= 4 is 17.2 Å². The predicted octanol–water partition coefficient (Wildman–Crippen LogP) is 4.32. The molecule has 12 heteroatoms. The van der Waals surface area contributed by atoms with Crippen LogP contribution in [-0.4, -0.2) is 51.8 Å². The molecule has 0 aliphatic carbocycles. The number of nitrogens with zero attached hydrogens (tertiary/aromatic N) is 3. The van der Waals surface area contributed by atoms with Crippen LogP contribution in [0.2, 0.25) is 0 Å². The zero-order valence-corrected chi connectivity index (χ0v) is 21.2. The van der Waals surface area contributed by atoms with Crippen molar-refractivity contribution in [3.8, 4) is 16.3 Å². The quantitative estimate of drug-likeness (QED) is 0.467. The van der Waals surface area contributed by atoms with Crippen LogP contribution >= 0.6 is 11.3 Å². The molecule has 2 fully saturated rings. The minimum Gasteiger partial charge on any atom is -0.490 e. The summed E-state index contributed by atoms with van der Waals surface area (Å²) in [4.78, 5) is 25.4. The molecule has 1 aromatic carbocycles. The molecule has 0 saturated carbocycles. The number of carbonyl (C=O) groups is 1. The number of aryl methyl sites for hydroxylation is 1. The molecule has 0 radical (unpaired) electrons. The van der Waals surface area contributed by atoms with Gasteiger partial charge in [0.15, 0.2) is 0 Å². The number of hydrogen-bond acceptors (Lipinski definition) is 8. The molecule has 5 rings (SSSR count). The Balaban J connectivity index is 1.36. The summed E-state index contributed by atoms with van der Waals surface area (Å²) in [6.45, 7) is 6.67. The van der Waals surface area contributed by atoms with Crippen molar-refractivity contribution < 1.29 is 27.4 Å². The summed E-state index contributed by atoms with van der Waals surface area (Å²) in [5.41, 5.74) is 1.00. The van der Waals surface area contributed by atoms with Crippen LogP contribution in [0.1, 0.15) is 52.9 Å². The van der Waals surface area contributed by atoms with Crippen LogP contribution in [0.4, 0.5) is 13.2 Å². The molecule has 196 valence electrons. The molecule has 4 heterocycles. The Morgan fingerprint density at radius 3 is 2.62 bits per heavy atom. The number of halogens is 3. The number of rotatable bonds is 7. The molecule has 2 saturated heterocycles. The molecule has 3 aromatic rings. The molecule has 0 spiro atoms. The molecule has 37 heavy (non-hydrogen) atoms. The molecule has 2 aliphatic rings. The van der Waals surface area contributed by atoms with Crippen LogP contribution in [0.3, 0.4) is 0 Å². The minimum absolute atomic E-state index is 0.110. The first-order chi connectivity index (χ1) is 17.5. The number of morpholine rings is 1. The Bertz CT molecular complexity index is 1300. The average molecular weight is 534 g/mol. The maximum Gasteiger partial charge on any atom is 0.451 e. The fraction of sp³-hybridized carbons (Fsp3) is 0.440. The monoisotopic (exact) mass is 533 g/mol. The molecular weight excluding hydrogens is 507 g/mol.